The quantitative estimate of drug-likeness (QED) is 0.175. The number of carbonyl (C=O) groups is 1. The second-order valence-electron chi connectivity index (χ2n) is 9.16. The predicted molar refractivity (Wildman–Crippen MR) is 145 cm³/mol. The Balaban J connectivity index is 1.84. The molecule has 10 heteroatoms. The van der Waals surface area contributed by atoms with Crippen LogP contribution in [0.25, 0.3) is 6.08 Å². The third-order valence-electron chi connectivity index (χ3n) is 5.93. The summed E-state index contributed by atoms with van der Waals surface area (Å²) < 4.78 is 13.2. The lowest BCUT2D eigenvalue weighted by Gasteiger charge is -2.25. The maximum atomic E-state index is 13.7. The topological polar surface area (TPSA) is 113 Å². The molecule has 0 N–H and O–H groups in total. The molecule has 0 saturated heterocycles. The molecule has 38 heavy (non-hydrogen) atoms. The van der Waals surface area contributed by atoms with E-state index >= 15 is 0 Å². The third-order valence-corrected chi connectivity index (χ3v) is 6.91. The normalized spacial score (nSPS) is 15.3. The Hall–Kier alpha value is -4.05. The minimum absolute atomic E-state index is 0.0693. The highest BCUT2D eigenvalue weighted by molar-refractivity contribution is 7.07. The van der Waals surface area contributed by atoms with E-state index in [-0.39, 0.29) is 22.9 Å². The van der Waals surface area contributed by atoms with Crippen molar-refractivity contribution in [3.63, 3.8) is 0 Å². The van der Waals surface area contributed by atoms with Crippen LogP contribution in [-0.2, 0) is 9.53 Å². The Labute approximate surface area is 223 Å². The van der Waals surface area contributed by atoms with Gasteiger partial charge in [0.1, 0.15) is 5.75 Å². The number of benzene rings is 2. The van der Waals surface area contributed by atoms with Crippen LogP contribution in [0.4, 0.5) is 5.69 Å². The number of ether oxygens (including phenoxy) is 2. The highest BCUT2D eigenvalue weighted by Crippen LogP contribution is 2.32. The highest BCUT2D eigenvalue weighted by Gasteiger charge is 2.33. The van der Waals surface area contributed by atoms with Gasteiger partial charge in [-0.25, -0.2) is 9.79 Å². The van der Waals surface area contributed by atoms with E-state index in [9.17, 15) is 19.7 Å². The molecule has 4 rings (SSSR count). The van der Waals surface area contributed by atoms with Crippen LogP contribution in [-0.4, -0.2) is 28.2 Å². The van der Waals surface area contributed by atoms with Crippen molar-refractivity contribution in [2.75, 3.05) is 6.61 Å². The molecule has 1 aliphatic heterocycles. The number of hydrogen-bond donors (Lipinski definition) is 0. The number of carbonyl (C=O) groups excluding carboxylic acids is 1. The number of nitro groups is 1. The van der Waals surface area contributed by atoms with Gasteiger partial charge in [0, 0.05) is 12.1 Å². The zero-order valence-corrected chi connectivity index (χ0v) is 22.5. The van der Waals surface area contributed by atoms with Gasteiger partial charge in [-0.3, -0.25) is 19.5 Å². The van der Waals surface area contributed by atoms with Gasteiger partial charge in [0.25, 0.3) is 11.2 Å². The second kappa shape index (κ2) is 11.6. The van der Waals surface area contributed by atoms with E-state index in [1.165, 1.54) is 28.0 Å². The van der Waals surface area contributed by atoms with Crippen molar-refractivity contribution in [2.45, 2.75) is 52.7 Å². The number of aromatic nitrogens is 1. The summed E-state index contributed by atoms with van der Waals surface area (Å²) in [6.07, 6.45) is 3.21. The molecule has 9 nitrogen and oxygen atoms in total. The van der Waals surface area contributed by atoms with Crippen LogP contribution in [0.2, 0.25) is 0 Å². The van der Waals surface area contributed by atoms with Crippen molar-refractivity contribution >= 4 is 29.1 Å². The maximum absolute atomic E-state index is 13.7. The lowest BCUT2D eigenvalue weighted by Crippen LogP contribution is -2.40. The molecule has 2 heterocycles. The molecular weight excluding hydrogens is 506 g/mol. The molecule has 3 aromatic rings. The van der Waals surface area contributed by atoms with Gasteiger partial charge >= 0.3 is 5.97 Å². The van der Waals surface area contributed by atoms with Gasteiger partial charge in [-0.1, -0.05) is 48.9 Å². The predicted octanol–water partition coefficient (Wildman–Crippen LogP) is 4.27. The van der Waals surface area contributed by atoms with E-state index in [0.717, 1.165) is 12.8 Å². The summed E-state index contributed by atoms with van der Waals surface area (Å²) in [5.41, 5.74) is 1.56. The Kier molecular flexibility index (Phi) is 8.21. The van der Waals surface area contributed by atoms with E-state index in [2.05, 4.69) is 11.9 Å². The summed E-state index contributed by atoms with van der Waals surface area (Å²) in [6, 6.07) is 12.6. The molecule has 0 spiro atoms. The maximum Gasteiger partial charge on any atom is 0.338 e. The van der Waals surface area contributed by atoms with Gasteiger partial charge in [0.15, 0.2) is 4.80 Å². The number of rotatable bonds is 9. The van der Waals surface area contributed by atoms with E-state index in [0.29, 0.717) is 38.5 Å². The van der Waals surface area contributed by atoms with Gasteiger partial charge in [-0.15, -0.1) is 0 Å². The molecule has 1 unspecified atom stereocenters. The number of nitro benzene ring substituents is 1. The van der Waals surface area contributed by atoms with Crippen LogP contribution < -0.4 is 19.6 Å². The minimum atomic E-state index is -0.755. The molecule has 0 fully saturated rings. The van der Waals surface area contributed by atoms with Crippen LogP contribution >= 0.6 is 11.3 Å². The largest absolute Gasteiger partial charge is 0.494 e. The number of non-ortho nitro benzene ring substituents is 1. The third kappa shape index (κ3) is 5.75. The first-order valence-corrected chi connectivity index (χ1v) is 13.2. The van der Waals surface area contributed by atoms with Crippen molar-refractivity contribution in [1.82, 2.24) is 4.57 Å². The van der Waals surface area contributed by atoms with Crippen LogP contribution in [0.1, 0.15) is 57.7 Å². The first-order chi connectivity index (χ1) is 18.2. The van der Waals surface area contributed by atoms with Crippen LogP contribution in [0.15, 0.2) is 69.6 Å². The van der Waals surface area contributed by atoms with Gasteiger partial charge in [-0.2, -0.15) is 0 Å². The standard InChI is InChI=1S/C28H29N3O6S/c1-5-6-14-36-22-12-10-20(11-13-22)25-24(27(33)37-17(2)3)18(4)29-28-30(25)26(32)23(38-28)16-19-8-7-9-21(15-19)31(34)35/h7-13,15-17,25H,5-6,14H2,1-4H3/b23-16-. The van der Waals surface area contributed by atoms with Gasteiger partial charge in [0.05, 0.1) is 39.5 Å². The smallest absolute Gasteiger partial charge is 0.338 e. The Morgan fingerprint density at radius 3 is 2.63 bits per heavy atom. The van der Waals surface area contributed by atoms with Crippen molar-refractivity contribution in [1.29, 1.82) is 0 Å². The number of nitrogens with zero attached hydrogens (tertiary/aromatic N) is 3. The summed E-state index contributed by atoms with van der Waals surface area (Å²) in [7, 11) is 0. The van der Waals surface area contributed by atoms with Crippen molar-refractivity contribution in [3.05, 3.63) is 101 Å². The monoisotopic (exact) mass is 535 g/mol. The summed E-state index contributed by atoms with van der Waals surface area (Å²) in [5.74, 6) is 0.162. The summed E-state index contributed by atoms with van der Waals surface area (Å²) >= 11 is 1.17. The van der Waals surface area contributed by atoms with E-state index < -0.39 is 16.9 Å². The number of unbranched alkanes of at least 4 members (excludes halogenated alkanes) is 1. The fraction of sp³-hybridized carbons (Fsp3) is 0.321. The lowest BCUT2D eigenvalue weighted by atomic mass is 9.96. The van der Waals surface area contributed by atoms with Crippen LogP contribution in [0, 0.1) is 10.1 Å². The molecule has 0 bridgehead atoms. The lowest BCUT2D eigenvalue weighted by molar-refractivity contribution is -0.384. The average Bonchev–Trinajstić information content (AvgIpc) is 3.17. The molecule has 0 radical (unpaired) electrons. The fourth-order valence-corrected chi connectivity index (χ4v) is 5.18. The van der Waals surface area contributed by atoms with Gasteiger partial charge in [0.2, 0.25) is 0 Å². The summed E-state index contributed by atoms with van der Waals surface area (Å²) in [4.78, 5) is 42.6. The first kappa shape index (κ1) is 27.0. The van der Waals surface area contributed by atoms with Crippen LogP contribution in [0.5, 0.6) is 5.75 Å². The molecule has 2 aromatic carbocycles. The Bertz CT molecular complexity index is 1570. The SMILES string of the molecule is CCCCOc1ccc(C2C(C(=O)OC(C)C)=C(C)N=c3s/c(=C\c4cccc([N+](=O)[O-])c4)c(=O)n32)cc1. The molecule has 0 saturated carbocycles. The van der Waals surface area contributed by atoms with E-state index in [1.54, 1.807) is 39.0 Å². The first-order valence-electron chi connectivity index (χ1n) is 12.4. The van der Waals surface area contributed by atoms with Gasteiger partial charge in [-0.05, 0) is 56.5 Å². The summed E-state index contributed by atoms with van der Waals surface area (Å²) in [6.45, 7) is 7.95. The number of thiazole rings is 1. The van der Waals surface area contributed by atoms with Crippen molar-refractivity contribution in [2.24, 2.45) is 4.99 Å². The number of esters is 1. The number of fused-ring (bicyclic) bond motifs is 1. The molecule has 1 atom stereocenters. The van der Waals surface area contributed by atoms with E-state index in [1.807, 2.05) is 24.3 Å². The highest BCUT2D eigenvalue weighted by atomic mass is 32.1. The Morgan fingerprint density at radius 1 is 1.24 bits per heavy atom. The van der Waals surface area contributed by atoms with E-state index in [4.69, 9.17) is 9.47 Å². The van der Waals surface area contributed by atoms with Crippen LogP contribution in [0.3, 0.4) is 0 Å². The van der Waals surface area contributed by atoms with Crippen molar-refractivity contribution < 1.29 is 19.2 Å². The molecule has 198 valence electrons. The minimum Gasteiger partial charge on any atom is -0.494 e. The number of allylic oxidation sites excluding steroid dienone is 1. The summed E-state index contributed by atoms with van der Waals surface area (Å²) in [5, 5.41) is 11.2. The Morgan fingerprint density at radius 2 is 1.97 bits per heavy atom. The molecule has 0 amide bonds. The van der Waals surface area contributed by atoms with Crippen molar-refractivity contribution in [3.8, 4) is 5.75 Å². The molecule has 1 aliphatic rings. The molecular formula is C28H29N3O6S. The fourth-order valence-electron chi connectivity index (χ4n) is 4.14. The zero-order chi connectivity index (χ0) is 27.4. The zero-order valence-electron chi connectivity index (χ0n) is 21.7. The molecule has 0 aliphatic carbocycles. The van der Waals surface area contributed by atoms with Gasteiger partial charge < -0.3 is 9.47 Å². The number of hydrogen-bond acceptors (Lipinski definition) is 8. The second-order valence-corrected chi connectivity index (χ2v) is 10.2. The molecule has 1 aromatic heterocycles. The average molecular weight is 536 g/mol.